The van der Waals surface area contributed by atoms with Gasteiger partial charge >= 0.3 is 0 Å². The fourth-order valence-electron chi connectivity index (χ4n) is 2.59. The van der Waals surface area contributed by atoms with Crippen molar-refractivity contribution in [2.24, 2.45) is 0 Å². The van der Waals surface area contributed by atoms with E-state index in [0.29, 0.717) is 5.92 Å². The molecule has 3 nitrogen and oxygen atoms in total. The predicted octanol–water partition coefficient (Wildman–Crippen LogP) is 3.01. The molecule has 0 unspecified atom stereocenters. The third-order valence-electron chi connectivity index (χ3n) is 3.38. The number of nitrogens with one attached hydrogen (secondary N) is 1. The molecule has 15 heavy (non-hydrogen) atoms. The van der Waals surface area contributed by atoms with Gasteiger partial charge in [-0.15, -0.1) is 0 Å². The molecule has 2 aromatic rings. The molecule has 1 aliphatic rings. The van der Waals surface area contributed by atoms with Crippen LogP contribution >= 0.6 is 0 Å². The minimum Gasteiger partial charge on any atom is -0.345 e. The molecule has 0 aliphatic heterocycles. The van der Waals surface area contributed by atoms with Crippen LogP contribution in [0, 0.1) is 0 Å². The van der Waals surface area contributed by atoms with Crippen LogP contribution in [0.2, 0.25) is 0 Å². The second-order valence-electron chi connectivity index (χ2n) is 4.33. The molecule has 2 aromatic heterocycles. The summed E-state index contributed by atoms with van der Waals surface area (Å²) in [5.74, 6) is 0.698. The molecule has 0 bridgehead atoms. The Morgan fingerprint density at radius 1 is 1.07 bits per heavy atom. The van der Waals surface area contributed by atoms with Crippen molar-refractivity contribution in [1.29, 1.82) is 0 Å². The maximum Gasteiger partial charge on any atom is 0.156 e. The number of hydrogen-bond acceptors (Lipinski definition) is 2. The maximum atomic E-state index is 4.42. The molecule has 3 heteroatoms. The van der Waals surface area contributed by atoms with E-state index < -0.39 is 0 Å². The van der Waals surface area contributed by atoms with Gasteiger partial charge in [0.25, 0.3) is 0 Å². The Morgan fingerprint density at radius 3 is 2.73 bits per heavy atom. The normalized spacial score (nSPS) is 18.4. The second kappa shape index (κ2) is 3.65. The highest BCUT2D eigenvalue weighted by atomic mass is 14.9. The van der Waals surface area contributed by atoms with Crippen LogP contribution in [0.25, 0.3) is 11.2 Å². The molecular weight excluding hydrogens is 186 g/mol. The van der Waals surface area contributed by atoms with Crippen LogP contribution in [0.3, 0.4) is 0 Å². The van der Waals surface area contributed by atoms with E-state index >= 15 is 0 Å². The lowest BCUT2D eigenvalue weighted by molar-refractivity contribution is 0.445. The molecule has 3 rings (SSSR count). The summed E-state index contributed by atoms with van der Waals surface area (Å²) in [5.41, 5.74) is 3.38. The Morgan fingerprint density at radius 2 is 1.87 bits per heavy atom. The fraction of sp³-hybridized carbons (Fsp3) is 0.500. The summed E-state index contributed by atoms with van der Waals surface area (Å²) in [6.07, 6.45) is 12.3. The molecule has 0 atom stereocenters. The largest absolute Gasteiger partial charge is 0.345 e. The van der Waals surface area contributed by atoms with Gasteiger partial charge in [0.05, 0.1) is 0 Å². The summed E-state index contributed by atoms with van der Waals surface area (Å²) in [4.78, 5) is 11.9. The minimum absolute atomic E-state index is 0.698. The van der Waals surface area contributed by atoms with Crippen LogP contribution in [-0.4, -0.2) is 15.0 Å². The average Bonchev–Trinajstić information content (AvgIpc) is 2.74. The van der Waals surface area contributed by atoms with Crippen molar-refractivity contribution >= 4 is 11.2 Å². The zero-order valence-electron chi connectivity index (χ0n) is 8.74. The Hall–Kier alpha value is -1.38. The van der Waals surface area contributed by atoms with E-state index in [4.69, 9.17) is 0 Å². The van der Waals surface area contributed by atoms with Gasteiger partial charge in [-0.25, -0.2) is 4.98 Å². The second-order valence-corrected chi connectivity index (χ2v) is 4.33. The first kappa shape index (κ1) is 8.89. The van der Waals surface area contributed by atoms with Gasteiger partial charge in [-0.1, -0.05) is 19.3 Å². The van der Waals surface area contributed by atoms with Crippen molar-refractivity contribution in [3.63, 3.8) is 0 Å². The number of rotatable bonds is 1. The quantitative estimate of drug-likeness (QED) is 0.770. The van der Waals surface area contributed by atoms with Gasteiger partial charge in [-0.05, 0) is 18.8 Å². The lowest BCUT2D eigenvalue weighted by atomic mass is 9.85. The molecule has 1 fully saturated rings. The van der Waals surface area contributed by atoms with Crippen molar-refractivity contribution in [2.45, 2.75) is 38.0 Å². The van der Waals surface area contributed by atoms with Crippen LogP contribution in [-0.2, 0) is 0 Å². The molecule has 0 amide bonds. The molecule has 2 heterocycles. The zero-order chi connectivity index (χ0) is 10.1. The molecule has 78 valence electrons. The zero-order valence-corrected chi connectivity index (χ0v) is 8.74. The van der Waals surface area contributed by atoms with Gasteiger partial charge in [-0.2, -0.15) is 0 Å². The predicted molar refractivity (Wildman–Crippen MR) is 59.7 cm³/mol. The van der Waals surface area contributed by atoms with Crippen molar-refractivity contribution in [1.82, 2.24) is 15.0 Å². The first-order valence-corrected chi connectivity index (χ1v) is 5.73. The Balaban J connectivity index is 2.02. The molecule has 1 N–H and O–H groups in total. The fourth-order valence-corrected chi connectivity index (χ4v) is 2.59. The number of fused-ring (bicyclic) bond motifs is 1. The number of aromatic nitrogens is 3. The monoisotopic (exact) mass is 201 g/mol. The summed E-state index contributed by atoms with van der Waals surface area (Å²) < 4.78 is 0. The van der Waals surface area contributed by atoms with E-state index in [1.165, 1.54) is 37.7 Å². The van der Waals surface area contributed by atoms with Crippen LogP contribution in [0.15, 0.2) is 18.6 Å². The van der Waals surface area contributed by atoms with Crippen molar-refractivity contribution < 1.29 is 0 Å². The third kappa shape index (κ3) is 1.52. The van der Waals surface area contributed by atoms with Crippen molar-refractivity contribution in [2.75, 3.05) is 0 Å². The molecule has 1 aliphatic carbocycles. The summed E-state index contributed by atoms with van der Waals surface area (Å²) >= 11 is 0. The Bertz CT molecular complexity index is 455. The van der Waals surface area contributed by atoms with Crippen LogP contribution in [0.1, 0.15) is 43.6 Å². The van der Waals surface area contributed by atoms with Crippen molar-refractivity contribution in [3.05, 3.63) is 24.2 Å². The highest BCUT2D eigenvalue weighted by molar-refractivity contribution is 5.75. The van der Waals surface area contributed by atoms with Crippen molar-refractivity contribution in [3.8, 4) is 0 Å². The highest BCUT2D eigenvalue weighted by Gasteiger charge is 2.19. The van der Waals surface area contributed by atoms with Gasteiger partial charge in [0.15, 0.2) is 5.65 Å². The van der Waals surface area contributed by atoms with Crippen LogP contribution < -0.4 is 0 Å². The molecular formula is C12H15N3. The van der Waals surface area contributed by atoms with Gasteiger partial charge in [0.1, 0.15) is 5.52 Å². The number of hydrogen-bond donors (Lipinski definition) is 1. The number of nitrogens with zero attached hydrogens (tertiary/aromatic N) is 2. The highest BCUT2D eigenvalue weighted by Crippen LogP contribution is 2.35. The average molecular weight is 201 g/mol. The topological polar surface area (TPSA) is 41.6 Å². The third-order valence-corrected chi connectivity index (χ3v) is 3.38. The van der Waals surface area contributed by atoms with E-state index in [1.54, 1.807) is 12.4 Å². The first-order chi connectivity index (χ1) is 7.45. The lowest BCUT2D eigenvalue weighted by Crippen LogP contribution is -2.04. The minimum atomic E-state index is 0.698. The molecule has 0 saturated heterocycles. The summed E-state index contributed by atoms with van der Waals surface area (Å²) in [7, 11) is 0. The first-order valence-electron chi connectivity index (χ1n) is 5.73. The standard InChI is InChI=1S/C12H15N3/c1-2-4-9(5-3-1)10-8-15-12-11(10)13-6-7-14-12/h6-9H,1-5H2,(H,14,15). The van der Waals surface area contributed by atoms with E-state index in [2.05, 4.69) is 21.1 Å². The molecule has 1 saturated carbocycles. The van der Waals surface area contributed by atoms with Gasteiger partial charge < -0.3 is 4.98 Å². The van der Waals surface area contributed by atoms with Gasteiger partial charge in [0.2, 0.25) is 0 Å². The molecule has 0 radical (unpaired) electrons. The number of H-pyrrole nitrogens is 1. The molecule has 0 spiro atoms. The van der Waals surface area contributed by atoms with E-state index in [0.717, 1.165) is 11.2 Å². The summed E-state index contributed by atoms with van der Waals surface area (Å²) in [5, 5.41) is 0. The van der Waals surface area contributed by atoms with Gasteiger partial charge in [0, 0.05) is 24.2 Å². The maximum absolute atomic E-state index is 4.42. The van der Waals surface area contributed by atoms with E-state index in [-0.39, 0.29) is 0 Å². The summed E-state index contributed by atoms with van der Waals surface area (Å²) in [6.45, 7) is 0. The lowest BCUT2D eigenvalue weighted by Gasteiger charge is -2.20. The van der Waals surface area contributed by atoms with Gasteiger partial charge in [-0.3, -0.25) is 4.98 Å². The SMILES string of the molecule is c1cnc2c(C3CCCCC3)c[nH]c2n1. The van der Waals surface area contributed by atoms with Crippen LogP contribution in [0.4, 0.5) is 0 Å². The Kier molecular flexibility index (Phi) is 2.16. The van der Waals surface area contributed by atoms with Crippen LogP contribution in [0.5, 0.6) is 0 Å². The smallest absolute Gasteiger partial charge is 0.156 e. The Labute approximate surface area is 88.9 Å². The number of aromatic amines is 1. The van der Waals surface area contributed by atoms with E-state index in [1.807, 2.05) is 0 Å². The molecule has 0 aromatic carbocycles. The van der Waals surface area contributed by atoms with E-state index in [9.17, 15) is 0 Å². The summed E-state index contributed by atoms with van der Waals surface area (Å²) in [6, 6.07) is 0.